The van der Waals surface area contributed by atoms with Gasteiger partial charge in [-0.15, -0.1) is 0 Å². The third-order valence-electron chi connectivity index (χ3n) is 1.37. The third-order valence-corrected chi connectivity index (χ3v) is 2.93. The SMILES string of the molecule is CC(=O)N[C@@H](CSC(F)(Cl)C(F)F)C(=O)O. The second-order valence-electron chi connectivity index (χ2n) is 2.76. The van der Waals surface area contributed by atoms with E-state index in [1.165, 1.54) is 0 Å². The third kappa shape index (κ3) is 5.45. The van der Waals surface area contributed by atoms with Crippen LogP contribution in [0.3, 0.4) is 0 Å². The maximum absolute atomic E-state index is 12.8. The van der Waals surface area contributed by atoms with E-state index < -0.39 is 34.6 Å². The van der Waals surface area contributed by atoms with Gasteiger partial charge in [0.25, 0.3) is 10.9 Å². The Balaban J connectivity index is 4.33. The van der Waals surface area contributed by atoms with E-state index in [2.05, 4.69) is 0 Å². The van der Waals surface area contributed by atoms with E-state index in [9.17, 15) is 22.8 Å². The van der Waals surface area contributed by atoms with Crippen molar-refractivity contribution in [3.63, 3.8) is 0 Å². The van der Waals surface area contributed by atoms with Gasteiger partial charge >= 0.3 is 5.97 Å². The van der Waals surface area contributed by atoms with Gasteiger partial charge in [0, 0.05) is 12.7 Å². The Kier molecular flexibility index (Phi) is 5.95. The number of hydrogen-bond donors (Lipinski definition) is 2. The highest BCUT2D eigenvalue weighted by Gasteiger charge is 2.40. The van der Waals surface area contributed by atoms with Crippen molar-refractivity contribution in [2.24, 2.45) is 0 Å². The van der Waals surface area contributed by atoms with E-state index in [0.717, 1.165) is 6.92 Å². The topological polar surface area (TPSA) is 66.4 Å². The fourth-order valence-electron chi connectivity index (χ4n) is 0.677. The molecule has 0 spiro atoms. The molecule has 0 saturated carbocycles. The summed E-state index contributed by atoms with van der Waals surface area (Å²) < 4.78 is 33.4. The number of carbonyl (C=O) groups excluding carboxylic acids is 1. The normalized spacial score (nSPS) is 16.6. The summed E-state index contributed by atoms with van der Waals surface area (Å²) in [5.41, 5.74) is 0. The lowest BCUT2D eigenvalue weighted by Gasteiger charge is -2.19. The van der Waals surface area contributed by atoms with Crippen LogP contribution in [0.1, 0.15) is 6.92 Å². The van der Waals surface area contributed by atoms with Gasteiger partial charge in [0.15, 0.2) is 0 Å². The molecule has 0 heterocycles. The van der Waals surface area contributed by atoms with Gasteiger partial charge in [-0.2, -0.15) is 0 Å². The molecule has 0 rings (SSSR count). The van der Waals surface area contributed by atoms with Crippen LogP contribution in [0.15, 0.2) is 0 Å². The zero-order chi connectivity index (χ0) is 12.9. The van der Waals surface area contributed by atoms with E-state index in [0.29, 0.717) is 0 Å². The van der Waals surface area contributed by atoms with Gasteiger partial charge in [-0.3, -0.25) is 4.79 Å². The molecule has 16 heavy (non-hydrogen) atoms. The summed E-state index contributed by atoms with van der Waals surface area (Å²) in [5, 5.41) is 10.5. The molecule has 0 aliphatic carbocycles. The fourth-order valence-corrected chi connectivity index (χ4v) is 1.61. The molecular formula is C7H9ClF3NO3S. The predicted octanol–water partition coefficient (Wildman–Crippen LogP) is 1.44. The Morgan fingerprint density at radius 2 is 2.06 bits per heavy atom. The van der Waals surface area contributed by atoms with Crippen LogP contribution in [0.2, 0.25) is 0 Å². The van der Waals surface area contributed by atoms with Crippen LogP contribution in [0.4, 0.5) is 13.2 Å². The number of alkyl halides is 4. The van der Waals surface area contributed by atoms with Crippen molar-refractivity contribution in [2.45, 2.75) is 23.9 Å². The minimum Gasteiger partial charge on any atom is -0.480 e. The summed E-state index contributed by atoms with van der Waals surface area (Å²) in [6, 6.07) is -1.46. The van der Waals surface area contributed by atoms with Gasteiger partial charge in [-0.05, 0) is 0 Å². The summed E-state index contributed by atoms with van der Waals surface area (Å²) in [4.78, 5) is 21.1. The molecule has 0 bridgehead atoms. The van der Waals surface area contributed by atoms with Gasteiger partial charge in [0.2, 0.25) is 5.91 Å². The Hall–Kier alpha value is -0.630. The first-order valence-corrected chi connectivity index (χ1v) is 5.33. The number of carbonyl (C=O) groups is 2. The highest BCUT2D eigenvalue weighted by Crippen LogP contribution is 2.38. The number of aliphatic carboxylic acids is 1. The molecule has 2 atom stereocenters. The van der Waals surface area contributed by atoms with Crippen LogP contribution in [0, 0.1) is 0 Å². The van der Waals surface area contributed by atoms with Crippen LogP contribution in [-0.4, -0.2) is 39.7 Å². The van der Waals surface area contributed by atoms with Crippen molar-refractivity contribution in [1.82, 2.24) is 5.32 Å². The van der Waals surface area contributed by atoms with Crippen LogP contribution >= 0.6 is 23.4 Å². The zero-order valence-corrected chi connectivity index (χ0v) is 9.62. The average molecular weight is 280 g/mol. The van der Waals surface area contributed by atoms with Crippen molar-refractivity contribution in [3.8, 4) is 0 Å². The summed E-state index contributed by atoms with van der Waals surface area (Å²) >= 11 is 4.72. The lowest BCUT2D eigenvalue weighted by Crippen LogP contribution is -2.42. The maximum atomic E-state index is 12.8. The first-order valence-electron chi connectivity index (χ1n) is 3.96. The molecule has 1 unspecified atom stereocenters. The van der Waals surface area contributed by atoms with Gasteiger partial charge in [-0.1, -0.05) is 23.4 Å². The predicted molar refractivity (Wildman–Crippen MR) is 53.4 cm³/mol. The summed E-state index contributed by atoms with van der Waals surface area (Å²) in [6.45, 7) is 1.05. The number of carboxylic acid groups (broad SMARTS) is 1. The Bertz CT molecular complexity index is 278. The largest absolute Gasteiger partial charge is 0.480 e. The van der Waals surface area contributed by atoms with E-state index in [1.807, 2.05) is 5.32 Å². The fraction of sp³-hybridized carbons (Fsp3) is 0.714. The lowest BCUT2D eigenvalue weighted by molar-refractivity contribution is -0.140. The first kappa shape index (κ1) is 15.4. The van der Waals surface area contributed by atoms with E-state index in [4.69, 9.17) is 16.7 Å². The molecule has 0 aromatic rings. The molecule has 94 valence electrons. The molecule has 0 aromatic carbocycles. The van der Waals surface area contributed by atoms with Gasteiger partial charge in [-0.25, -0.2) is 18.0 Å². The Morgan fingerprint density at radius 3 is 2.38 bits per heavy atom. The van der Waals surface area contributed by atoms with Crippen molar-refractivity contribution >= 4 is 35.2 Å². The monoisotopic (exact) mass is 279 g/mol. The number of amides is 1. The highest BCUT2D eigenvalue weighted by atomic mass is 35.5. The first-order chi connectivity index (χ1) is 7.16. The Morgan fingerprint density at radius 1 is 1.56 bits per heavy atom. The molecule has 4 nitrogen and oxygen atoms in total. The second-order valence-corrected chi connectivity index (χ2v) is 4.76. The van der Waals surface area contributed by atoms with E-state index in [-0.39, 0.29) is 11.8 Å². The van der Waals surface area contributed by atoms with Crippen LogP contribution < -0.4 is 5.32 Å². The van der Waals surface area contributed by atoms with Crippen LogP contribution in [0.25, 0.3) is 0 Å². The smallest absolute Gasteiger partial charge is 0.327 e. The molecular weight excluding hydrogens is 271 g/mol. The van der Waals surface area contributed by atoms with Gasteiger partial charge < -0.3 is 10.4 Å². The van der Waals surface area contributed by atoms with Crippen LogP contribution in [-0.2, 0) is 9.59 Å². The van der Waals surface area contributed by atoms with Gasteiger partial charge in [0.05, 0.1) is 0 Å². The molecule has 0 aliphatic heterocycles. The molecule has 0 aliphatic rings. The molecule has 0 aromatic heterocycles. The van der Waals surface area contributed by atoms with Gasteiger partial charge in [0.1, 0.15) is 6.04 Å². The van der Waals surface area contributed by atoms with Crippen LogP contribution in [0.5, 0.6) is 0 Å². The molecule has 2 N–H and O–H groups in total. The summed E-state index contributed by atoms with van der Waals surface area (Å²) in [5.74, 6) is -2.72. The van der Waals surface area contributed by atoms with Crippen molar-refractivity contribution < 1.29 is 27.9 Å². The summed E-state index contributed by atoms with van der Waals surface area (Å²) in [6.07, 6.45) is -3.45. The summed E-state index contributed by atoms with van der Waals surface area (Å²) in [7, 11) is 0. The number of nitrogens with one attached hydrogen (secondary N) is 1. The highest BCUT2D eigenvalue weighted by molar-refractivity contribution is 8.01. The number of halogens is 4. The minimum atomic E-state index is -3.45. The van der Waals surface area contributed by atoms with E-state index in [1.54, 1.807) is 0 Å². The minimum absolute atomic E-state index is 0.0816. The van der Waals surface area contributed by atoms with Crippen molar-refractivity contribution in [1.29, 1.82) is 0 Å². The number of rotatable bonds is 6. The Labute approximate surface area is 98.5 Å². The standard InChI is InChI=1S/C7H9ClF3NO3S/c1-3(13)12-4(5(14)15)2-16-7(8,11)6(9)10/h4,6H,2H2,1H3,(H,12,13)(H,14,15)/t4-,7?/m0/s1. The van der Waals surface area contributed by atoms with Crippen molar-refractivity contribution in [2.75, 3.05) is 5.75 Å². The zero-order valence-electron chi connectivity index (χ0n) is 8.05. The maximum Gasteiger partial charge on any atom is 0.327 e. The number of carboxylic acids is 1. The average Bonchev–Trinajstić information content (AvgIpc) is 2.10. The molecule has 0 fully saturated rings. The molecule has 1 amide bonds. The second kappa shape index (κ2) is 6.19. The molecule has 0 saturated heterocycles. The number of hydrogen-bond acceptors (Lipinski definition) is 3. The number of thioether (sulfide) groups is 1. The quantitative estimate of drug-likeness (QED) is 0.722. The lowest BCUT2D eigenvalue weighted by atomic mass is 10.3. The molecule has 9 heteroatoms. The van der Waals surface area contributed by atoms with Crippen molar-refractivity contribution in [3.05, 3.63) is 0 Å². The molecule has 0 radical (unpaired) electrons. The van der Waals surface area contributed by atoms with E-state index >= 15 is 0 Å².